The third-order valence-electron chi connectivity index (χ3n) is 2.19. The molecule has 0 unspecified atom stereocenters. The number of hydrogen-bond donors (Lipinski definition) is 1. The molecule has 0 rings (SSSR count). The Morgan fingerprint density at radius 2 is 1.75 bits per heavy atom. The maximum absolute atomic E-state index is 11.2. The van der Waals surface area contributed by atoms with Crippen molar-refractivity contribution in [2.75, 3.05) is 13.2 Å². The smallest absolute Gasteiger partial charge is 0.336 e. The molecule has 0 spiro atoms. The monoisotopic (exact) mass is 246 g/mol. The Morgan fingerprint density at radius 3 is 2.06 bits per heavy atom. The second-order valence-electron chi connectivity index (χ2n) is 3.49. The minimum Gasteiger partial charge on any atom is -0.478 e. The molecule has 0 radical (unpaired) electrons. The van der Waals surface area contributed by atoms with E-state index in [-0.39, 0.29) is 0 Å². The van der Waals surface area contributed by atoms with E-state index in [1.807, 2.05) is 20.8 Å². The molecule has 0 amide bonds. The molecule has 0 bridgehead atoms. The topological polar surface area (TPSA) is 55.8 Å². The number of hydrogen-bond acceptors (Lipinski definition) is 3. The molecule has 94 valence electrons. The zero-order chi connectivity index (χ0) is 12.6. The summed E-state index contributed by atoms with van der Waals surface area (Å²) in [6.07, 6.45) is 1.04. The molecule has 0 aliphatic heterocycles. The van der Waals surface area contributed by atoms with Crippen LogP contribution in [0.1, 0.15) is 33.6 Å². The summed E-state index contributed by atoms with van der Waals surface area (Å²) >= 11 is 0. The highest BCUT2D eigenvalue weighted by molar-refractivity contribution is 6.24. The molecular formula is C11H22O4Si. The maximum Gasteiger partial charge on any atom is 0.336 e. The van der Waals surface area contributed by atoms with Crippen LogP contribution in [0, 0.1) is 0 Å². The summed E-state index contributed by atoms with van der Waals surface area (Å²) in [4.78, 5) is 11.2. The van der Waals surface area contributed by atoms with Crippen LogP contribution < -0.4 is 0 Å². The summed E-state index contributed by atoms with van der Waals surface area (Å²) < 4.78 is 10.7. The van der Waals surface area contributed by atoms with Gasteiger partial charge < -0.3 is 14.6 Å². The third kappa shape index (κ3) is 4.91. The largest absolute Gasteiger partial charge is 0.478 e. The van der Waals surface area contributed by atoms with Gasteiger partial charge in [-0.2, -0.15) is 0 Å². The van der Waals surface area contributed by atoms with E-state index in [9.17, 15) is 9.90 Å². The Bertz CT molecular complexity index is 244. The molecule has 0 aromatic rings. The van der Waals surface area contributed by atoms with Crippen molar-refractivity contribution < 1.29 is 19.4 Å². The van der Waals surface area contributed by atoms with Crippen LogP contribution in [-0.2, 0) is 14.3 Å². The summed E-state index contributed by atoms with van der Waals surface area (Å²) in [5, 5.41) is 10.2. The minimum absolute atomic E-state index is 0.303. The fourth-order valence-corrected chi connectivity index (χ4v) is 2.46. The van der Waals surface area contributed by atoms with Gasteiger partial charge in [-0.05, 0) is 20.3 Å². The van der Waals surface area contributed by atoms with Crippen LogP contribution in [0.25, 0.3) is 0 Å². The Kier molecular flexibility index (Phi) is 8.15. The van der Waals surface area contributed by atoms with Gasteiger partial charge in [0.1, 0.15) is 0 Å². The fraction of sp³-hybridized carbons (Fsp3) is 0.727. The van der Waals surface area contributed by atoms with Crippen LogP contribution in [0.3, 0.4) is 0 Å². The molecule has 0 aliphatic rings. The zero-order valence-corrected chi connectivity index (χ0v) is 12.6. The summed E-state index contributed by atoms with van der Waals surface area (Å²) in [5.41, 5.74) is 0.303. The molecule has 1 N–H and O–H groups in total. The van der Waals surface area contributed by atoms with Crippen LogP contribution in [0.5, 0.6) is 0 Å². The van der Waals surface area contributed by atoms with Gasteiger partial charge in [0.25, 0.3) is 0 Å². The average molecular weight is 246 g/mol. The molecule has 0 aliphatic carbocycles. The summed E-state index contributed by atoms with van der Waals surface area (Å²) in [7, 11) is 0.731. The first-order valence-electron chi connectivity index (χ1n) is 5.74. The lowest BCUT2D eigenvalue weighted by Crippen LogP contribution is -2.26. The van der Waals surface area contributed by atoms with Crippen LogP contribution >= 0.6 is 0 Å². The Balaban J connectivity index is 4.97. The molecule has 0 saturated carbocycles. The first-order valence-corrected chi connectivity index (χ1v) is 6.74. The van der Waals surface area contributed by atoms with E-state index >= 15 is 0 Å². The van der Waals surface area contributed by atoms with Crippen molar-refractivity contribution in [3.63, 3.8) is 0 Å². The molecule has 0 aromatic heterocycles. The van der Waals surface area contributed by atoms with E-state index < -0.39 is 12.3 Å². The molecule has 16 heavy (non-hydrogen) atoms. The van der Waals surface area contributed by atoms with E-state index in [4.69, 9.17) is 9.47 Å². The molecule has 0 aromatic carbocycles. The lowest BCUT2D eigenvalue weighted by Gasteiger charge is -2.19. The number of rotatable bonds is 8. The van der Waals surface area contributed by atoms with Crippen molar-refractivity contribution >= 4 is 16.2 Å². The first kappa shape index (κ1) is 15.3. The molecule has 0 heterocycles. The van der Waals surface area contributed by atoms with Crippen molar-refractivity contribution in [1.29, 1.82) is 0 Å². The van der Waals surface area contributed by atoms with E-state index in [0.29, 0.717) is 18.8 Å². The fourth-order valence-electron chi connectivity index (χ4n) is 1.51. The van der Waals surface area contributed by atoms with Crippen molar-refractivity contribution in [1.82, 2.24) is 0 Å². The van der Waals surface area contributed by atoms with Gasteiger partial charge in [-0.3, -0.25) is 0 Å². The molecule has 0 atom stereocenters. The van der Waals surface area contributed by atoms with Gasteiger partial charge in [0, 0.05) is 23.5 Å². The number of carbonyl (C=O) groups is 1. The standard InChI is InChI=1S/C11H22O4Si/c1-4-7-8(16)9(10(12)13)11(14-5-2)15-6-3/h11H,4-7H2,1-3,16H3,(H,12,13)/b9-8+. The zero-order valence-electron chi connectivity index (χ0n) is 10.6. The van der Waals surface area contributed by atoms with E-state index in [0.717, 1.165) is 28.3 Å². The van der Waals surface area contributed by atoms with Crippen LogP contribution in [0.15, 0.2) is 10.8 Å². The summed E-state index contributed by atoms with van der Waals surface area (Å²) in [6, 6.07) is 0. The predicted octanol–water partition coefficient (Wildman–Crippen LogP) is 0.890. The lowest BCUT2D eigenvalue weighted by atomic mass is 10.2. The number of allylic oxidation sites excluding steroid dienone is 1. The summed E-state index contributed by atoms with van der Waals surface area (Å²) in [6.45, 7) is 6.59. The van der Waals surface area contributed by atoms with Crippen molar-refractivity contribution in [3.8, 4) is 0 Å². The number of aliphatic carboxylic acids is 1. The van der Waals surface area contributed by atoms with Gasteiger partial charge in [-0.1, -0.05) is 18.5 Å². The van der Waals surface area contributed by atoms with Crippen molar-refractivity contribution in [2.45, 2.75) is 39.9 Å². The number of carboxylic acid groups (broad SMARTS) is 1. The van der Waals surface area contributed by atoms with Crippen LogP contribution in [0.4, 0.5) is 0 Å². The highest BCUT2D eigenvalue weighted by atomic mass is 28.1. The second kappa shape index (κ2) is 8.49. The molecule has 5 heteroatoms. The van der Waals surface area contributed by atoms with Crippen LogP contribution in [0.2, 0.25) is 0 Å². The molecule has 4 nitrogen and oxygen atoms in total. The number of ether oxygens (including phenoxy) is 2. The molecule has 0 fully saturated rings. The predicted molar refractivity (Wildman–Crippen MR) is 66.5 cm³/mol. The third-order valence-corrected chi connectivity index (χ3v) is 3.23. The van der Waals surface area contributed by atoms with Gasteiger partial charge in [0.2, 0.25) is 0 Å². The average Bonchev–Trinajstić information content (AvgIpc) is 2.18. The van der Waals surface area contributed by atoms with Gasteiger partial charge >= 0.3 is 5.97 Å². The van der Waals surface area contributed by atoms with Crippen molar-refractivity contribution in [2.24, 2.45) is 0 Å². The van der Waals surface area contributed by atoms with E-state index in [1.165, 1.54) is 0 Å². The Labute approximate surface area is 100 Å². The maximum atomic E-state index is 11.2. The van der Waals surface area contributed by atoms with Crippen LogP contribution in [-0.4, -0.2) is 40.8 Å². The Hall–Kier alpha value is -0.653. The lowest BCUT2D eigenvalue weighted by molar-refractivity contribution is -0.145. The number of carboxylic acids is 1. The van der Waals surface area contributed by atoms with E-state index in [2.05, 4.69) is 0 Å². The highest BCUT2D eigenvalue weighted by Crippen LogP contribution is 2.16. The van der Waals surface area contributed by atoms with Gasteiger partial charge in [-0.25, -0.2) is 4.79 Å². The quantitative estimate of drug-likeness (QED) is 0.392. The minimum atomic E-state index is -0.926. The highest BCUT2D eigenvalue weighted by Gasteiger charge is 2.23. The normalized spacial score (nSPS) is 13.0. The van der Waals surface area contributed by atoms with E-state index in [1.54, 1.807) is 0 Å². The van der Waals surface area contributed by atoms with Crippen molar-refractivity contribution in [3.05, 3.63) is 10.8 Å². The SMILES string of the molecule is CCC/C([SiH3])=C(/C(=O)O)C(OCC)OCC. The first-order chi connectivity index (χ1) is 7.58. The molecular weight excluding hydrogens is 224 g/mol. The second-order valence-corrected chi connectivity index (χ2v) is 4.70. The molecule has 0 saturated heterocycles. The Morgan fingerprint density at radius 1 is 1.25 bits per heavy atom. The van der Waals surface area contributed by atoms with Gasteiger partial charge in [0.15, 0.2) is 6.29 Å². The summed E-state index contributed by atoms with van der Waals surface area (Å²) in [5.74, 6) is -0.926. The van der Waals surface area contributed by atoms with Gasteiger partial charge in [0.05, 0.1) is 5.57 Å². The van der Waals surface area contributed by atoms with Gasteiger partial charge in [-0.15, -0.1) is 0 Å².